The molecule has 0 aromatic heterocycles. The monoisotopic (exact) mass is 705 g/mol. The Morgan fingerprint density at radius 1 is 0.667 bits per heavy atom. The average Bonchev–Trinajstić information content (AvgIpc) is 2.93. The van der Waals surface area contributed by atoms with Gasteiger partial charge in [0.2, 0.25) is 5.91 Å². The number of carbonyl (C=O) groups excluding carboxylic acids is 1. The van der Waals surface area contributed by atoms with Crippen molar-refractivity contribution in [2.75, 3.05) is 19.8 Å². The molecule has 3 aliphatic heterocycles. The lowest BCUT2D eigenvalue weighted by Crippen LogP contribution is -2.69. The molecule has 0 aliphatic carbocycles. The third kappa shape index (κ3) is 9.85. The van der Waals surface area contributed by atoms with Crippen molar-refractivity contribution in [2.45, 2.75) is 99.0 Å². The van der Waals surface area contributed by atoms with E-state index in [1.165, 1.54) is 0 Å². The predicted molar refractivity (Wildman–Crippen MR) is 134 cm³/mol. The summed E-state index contributed by atoms with van der Waals surface area (Å²) < 4.78 is 97.7. The Balaban J connectivity index is 1.93. The van der Waals surface area contributed by atoms with Crippen LogP contribution in [-0.4, -0.2) is 185 Å². The van der Waals surface area contributed by atoms with Gasteiger partial charge in [-0.25, -0.2) is 8.37 Å². The number of amides is 1. The van der Waals surface area contributed by atoms with Gasteiger partial charge in [0.15, 0.2) is 18.9 Å². The van der Waals surface area contributed by atoms with Crippen LogP contribution in [0.15, 0.2) is 0 Å². The lowest BCUT2D eigenvalue weighted by Gasteiger charge is -2.49. The van der Waals surface area contributed by atoms with Crippen LogP contribution in [0.25, 0.3) is 0 Å². The molecule has 0 bridgehead atoms. The Bertz CT molecular complexity index is 1200. The van der Waals surface area contributed by atoms with Crippen molar-refractivity contribution in [1.29, 1.82) is 0 Å². The summed E-state index contributed by atoms with van der Waals surface area (Å²) >= 11 is 0. The lowest BCUT2D eigenvalue weighted by molar-refractivity contribution is -0.364. The number of hydrogen-bond donors (Lipinski definition) is 11. The van der Waals surface area contributed by atoms with E-state index in [9.17, 15) is 62.5 Å². The van der Waals surface area contributed by atoms with E-state index in [2.05, 4.69) is 13.7 Å². The second-order valence-corrected chi connectivity index (χ2v) is 12.3. The van der Waals surface area contributed by atoms with Gasteiger partial charge < -0.3 is 69.9 Å². The maximum absolute atomic E-state index is 12.0. The normalized spacial score (nSPS) is 43.1. The van der Waals surface area contributed by atoms with Crippen molar-refractivity contribution in [1.82, 2.24) is 5.32 Å². The van der Waals surface area contributed by atoms with Gasteiger partial charge in [-0.2, -0.15) is 16.8 Å². The van der Waals surface area contributed by atoms with Crippen molar-refractivity contribution >= 4 is 26.7 Å². The zero-order chi connectivity index (χ0) is 34.0. The SMILES string of the molecule is CC(=O)N[C@H]1[C@H](O[C@H]2[C@@H](O)[C@@H](CO)OC(O)[C@@H]2O)O[C@H](COS(=O)(=O)O)[C@@H](O[C@@H]2O[C@H](COS(=O)(=O)O)[C@H](O)[C@H](O)[C@H]2O)[C@@H]1O. The molecule has 0 radical (unpaired) electrons. The third-order valence-electron chi connectivity index (χ3n) is 6.90. The van der Waals surface area contributed by atoms with Gasteiger partial charge in [-0.3, -0.25) is 13.9 Å². The first kappa shape index (κ1) is 38.1. The van der Waals surface area contributed by atoms with Crippen LogP contribution >= 0.6 is 0 Å². The highest BCUT2D eigenvalue weighted by Gasteiger charge is 2.54. The zero-order valence-corrected chi connectivity index (χ0v) is 24.6. The molecule has 1 unspecified atom stereocenters. The van der Waals surface area contributed by atoms with Gasteiger partial charge in [-0.05, 0) is 0 Å². The molecular weight excluding hydrogens is 670 g/mol. The van der Waals surface area contributed by atoms with E-state index in [0.29, 0.717) is 0 Å². The van der Waals surface area contributed by atoms with Crippen LogP contribution in [0.2, 0.25) is 0 Å². The maximum Gasteiger partial charge on any atom is 0.397 e. The van der Waals surface area contributed by atoms with Gasteiger partial charge in [0, 0.05) is 6.92 Å². The number of aliphatic hydroxyl groups is 8. The van der Waals surface area contributed by atoms with Gasteiger partial charge >= 0.3 is 20.8 Å². The first-order valence-electron chi connectivity index (χ1n) is 12.9. The summed E-state index contributed by atoms with van der Waals surface area (Å²) in [5, 5.41) is 84.7. The summed E-state index contributed by atoms with van der Waals surface area (Å²) in [5.74, 6) is -0.848. The number of ether oxygens (including phenoxy) is 5. The van der Waals surface area contributed by atoms with Crippen LogP contribution in [0.4, 0.5) is 0 Å². The third-order valence-corrected chi connectivity index (χ3v) is 7.76. The largest absolute Gasteiger partial charge is 0.397 e. The molecule has 0 aromatic carbocycles. The van der Waals surface area contributed by atoms with Crippen LogP contribution in [-0.2, 0) is 57.6 Å². The van der Waals surface area contributed by atoms with Crippen LogP contribution in [0.1, 0.15) is 6.92 Å². The van der Waals surface area contributed by atoms with Gasteiger partial charge in [0.25, 0.3) is 0 Å². The Morgan fingerprint density at radius 3 is 1.73 bits per heavy atom. The van der Waals surface area contributed by atoms with Crippen molar-refractivity contribution in [3.05, 3.63) is 0 Å². The lowest BCUT2D eigenvalue weighted by atomic mass is 9.94. The molecule has 45 heavy (non-hydrogen) atoms. The van der Waals surface area contributed by atoms with Crippen LogP contribution < -0.4 is 5.32 Å². The maximum atomic E-state index is 12.0. The molecule has 25 heteroatoms. The van der Waals surface area contributed by atoms with Crippen molar-refractivity contribution in [3.8, 4) is 0 Å². The topological polar surface area (TPSA) is 364 Å². The van der Waals surface area contributed by atoms with E-state index in [1.807, 2.05) is 0 Å². The zero-order valence-electron chi connectivity index (χ0n) is 23.0. The first-order chi connectivity index (χ1) is 20.7. The Kier molecular flexibility index (Phi) is 12.9. The van der Waals surface area contributed by atoms with Gasteiger partial charge in [0.1, 0.15) is 73.2 Å². The first-order valence-corrected chi connectivity index (χ1v) is 15.6. The van der Waals surface area contributed by atoms with Gasteiger partial charge in [-0.1, -0.05) is 0 Å². The van der Waals surface area contributed by atoms with E-state index in [-0.39, 0.29) is 0 Å². The summed E-state index contributed by atoms with van der Waals surface area (Å²) in [6.07, 6.45) is -27.4. The van der Waals surface area contributed by atoms with Gasteiger partial charge in [0.05, 0.1) is 19.8 Å². The molecule has 264 valence electrons. The summed E-state index contributed by atoms with van der Waals surface area (Å²) in [4.78, 5) is 12.0. The Hall–Kier alpha value is -1.31. The molecule has 0 aromatic rings. The second kappa shape index (κ2) is 15.3. The van der Waals surface area contributed by atoms with E-state index in [4.69, 9.17) is 32.8 Å². The minimum absolute atomic E-state index is 0.848. The minimum atomic E-state index is -5.20. The molecule has 3 heterocycles. The number of aliphatic hydroxyl groups excluding tert-OH is 8. The molecule has 15 atom stereocenters. The van der Waals surface area contributed by atoms with E-state index >= 15 is 0 Å². The summed E-state index contributed by atoms with van der Waals surface area (Å²) in [5.41, 5.74) is 0. The smallest absolute Gasteiger partial charge is 0.394 e. The molecule has 0 spiro atoms. The molecule has 3 saturated heterocycles. The highest BCUT2D eigenvalue weighted by Crippen LogP contribution is 2.32. The average molecular weight is 706 g/mol. The van der Waals surface area contributed by atoms with Crippen LogP contribution in [0, 0.1) is 0 Å². The fourth-order valence-corrected chi connectivity index (χ4v) is 5.35. The van der Waals surface area contributed by atoms with E-state index < -0.39 is 139 Å². The van der Waals surface area contributed by atoms with Gasteiger partial charge in [-0.15, -0.1) is 0 Å². The Morgan fingerprint density at radius 2 is 1.20 bits per heavy atom. The molecule has 3 rings (SSSR count). The molecule has 11 N–H and O–H groups in total. The molecule has 23 nitrogen and oxygen atoms in total. The highest BCUT2D eigenvalue weighted by molar-refractivity contribution is 7.81. The predicted octanol–water partition coefficient (Wildman–Crippen LogP) is -7.78. The van der Waals surface area contributed by atoms with E-state index in [1.54, 1.807) is 0 Å². The molecule has 3 aliphatic rings. The standard InChI is InChI=1S/C20H35NO22S2/c1-5(23)21-9-12(26)16(42-20-14(28)13(27)10(24)7(40-20)3-37-44(31,32)33)8(4-38-45(34,35)36)41-19(9)43-17-11(25)6(2-22)39-18(30)15(17)29/h6-20,22,24-30H,2-4H2,1H3,(H,21,23)(H,31,32,33)(H,34,35,36)/t6-,7-,8-,9-,10+,11+,12-,13+,14-,15-,16-,17+,18?,19+,20+/m1/s1. The van der Waals surface area contributed by atoms with Crippen LogP contribution in [0.3, 0.4) is 0 Å². The fourth-order valence-electron chi connectivity index (χ4n) is 4.74. The van der Waals surface area contributed by atoms with Crippen molar-refractivity contribution in [3.63, 3.8) is 0 Å². The molecular formula is C20H35NO22S2. The fraction of sp³-hybridized carbons (Fsp3) is 0.950. The number of nitrogens with one attached hydrogen (secondary N) is 1. The summed E-state index contributed by atoms with van der Waals surface area (Å²) in [6.45, 7) is -2.21. The number of rotatable bonds is 12. The quantitative estimate of drug-likeness (QED) is 0.0840. The second-order valence-electron chi connectivity index (χ2n) is 10.1. The van der Waals surface area contributed by atoms with E-state index in [0.717, 1.165) is 6.92 Å². The number of carbonyl (C=O) groups is 1. The highest BCUT2D eigenvalue weighted by atomic mass is 32.3. The summed E-state index contributed by atoms with van der Waals surface area (Å²) in [6, 6.07) is -1.75. The van der Waals surface area contributed by atoms with Crippen LogP contribution in [0.5, 0.6) is 0 Å². The van der Waals surface area contributed by atoms with Crippen molar-refractivity contribution in [2.24, 2.45) is 0 Å². The van der Waals surface area contributed by atoms with Crippen molar-refractivity contribution < 1.29 is 104 Å². The molecule has 3 fully saturated rings. The minimum Gasteiger partial charge on any atom is -0.394 e. The number of hydrogen-bond acceptors (Lipinski definition) is 20. The molecule has 0 saturated carbocycles. The Labute approximate surface area is 254 Å². The molecule has 1 amide bonds. The summed E-state index contributed by atoms with van der Waals surface area (Å²) in [7, 11) is -10.3.